The zero-order valence-corrected chi connectivity index (χ0v) is 11.8. The summed E-state index contributed by atoms with van der Waals surface area (Å²) in [6.45, 7) is 0. The predicted octanol–water partition coefficient (Wildman–Crippen LogP) is 4.19. The van der Waals surface area contributed by atoms with Gasteiger partial charge in [-0.1, -0.05) is 42.5 Å². The molecule has 100 valence electrons. The first-order valence-corrected chi connectivity index (χ1v) is 7.55. The number of ketones is 2. The van der Waals surface area contributed by atoms with Gasteiger partial charge in [0.2, 0.25) is 0 Å². The molecule has 0 amide bonds. The zero-order valence-electron chi connectivity index (χ0n) is 11.0. The molecule has 0 N–H and O–H groups in total. The molecule has 1 aromatic heterocycles. The highest BCUT2D eigenvalue weighted by molar-refractivity contribution is 7.08. The summed E-state index contributed by atoms with van der Waals surface area (Å²) in [6.07, 6.45) is 0. The minimum Gasteiger partial charge on any atom is -0.289 e. The van der Waals surface area contributed by atoms with Crippen LogP contribution in [0.25, 0.3) is 11.1 Å². The number of hydrogen-bond acceptors (Lipinski definition) is 3. The second kappa shape index (κ2) is 4.50. The fourth-order valence-corrected chi connectivity index (χ4v) is 3.46. The third kappa shape index (κ3) is 1.71. The summed E-state index contributed by atoms with van der Waals surface area (Å²) in [6, 6.07) is 14.5. The van der Waals surface area contributed by atoms with Crippen LogP contribution in [0.4, 0.5) is 0 Å². The normalized spacial score (nSPS) is 13.0. The Morgan fingerprint density at radius 3 is 2.05 bits per heavy atom. The summed E-state index contributed by atoms with van der Waals surface area (Å²) in [5.41, 5.74) is 3.84. The molecular weight excluding hydrogens is 280 g/mol. The van der Waals surface area contributed by atoms with E-state index in [0.717, 1.165) is 11.1 Å². The van der Waals surface area contributed by atoms with Gasteiger partial charge >= 0.3 is 0 Å². The van der Waals surface area contributed by atoms with Gasteiger partial charge in [-0.15, -0.1) is 0 Å². The van der Waals surface area contributed by atoms with Crippen LogP contribution in [0.1, 0.15) is 31.8 Å². The van der Waals surface area contributed by atoms with Crippen LogP contribution >= 0.6 is 11.3 Å². The Bertz CT molecular complexity index is 876. The zero-order chi connectivity index (χ0) is 14.4. The van der Waals surface area contributed by atoms with Crippen molar-refractivity contribution in [1.82, 2.24) is 0 Å². The third-order valence-corrected chi connectivity index (χ3v) is 4.47. The molecule has 0 radical (unpaired) electrons. The van der Waals surface area contributed by atoms with Crippen molar-refractivity contribution in [3.05, 3.63) is 81.5 Å². The van der Waals surface area contributed by atoms with Crippen molar-refractivity contribution in [2.75, 3.05) is 0 Å². The van der Waals surface area contributed by atoms with Crippen LogP contribution in [0.15, 0.2) is 59.3 Å². The van der Waals surface area contributed by atoms with Crippen molar-refractivity contribution in [2.45, 2.75) is 0 Å². The maximum absolute atomic E-state index is 12.8. The van der Waals surface area contributed by atoms with E-state index in [2.05, 4.69) is 0 Å². The van der Waals surface area contributed by atoms with Gasteiger partial charge in [-0.3, -0.25) is 9.59 Å². The second-order valence-electron chi connectivity index (χ2n) is 4.94. The molecule has 1 heterocycles. The van der Waals surface area contributed by atoms with Gasteiger partial charge in [0.1, 0.15) is 0 Å². The lowest BCUT2D eigenvalue weighted by atomic mass is 9.81. The predicted molar refractivity (Wildman–Crippen MR) is 83.1 cm³/mol. The first kappa shape index (κ1) is 12.2. The summed E-state index contributed by atoms with van der Waals surface area (Å²) in [5.74, 6) is -0.140. The summed E-state index contributed by atoms with van der Waals surface area (Å²) in [5, 5.41) is 3.96. The van der Waals surface area contributed by atoms with E-state index in [0.29, 0.717) is 22.3 Å². The fraction of sp³-hybridized carbons (Fsp3) is 0. The summed E-state index contributed by atoms with van der Waals surface area (Å²) < 4.78 is 0. The van der Waals surface area contributed by atoms with Gasteiger partial charge in [-0.2, -0.15) is 11.3 Å². The molecule has 3 aromatic rings. The Labute approximate surface area is 125 Å². The molecule has 2 aromatic carbocycles. The highest BCUT2D eigenvalue weighted by atomic mass is 32.1. The number of hydrogen-bond donors (Lipinski definition) is 0. The fourth-order valence-electron chi connectivity index (χ4n) is 2.80. The van der Waals surface area contributed by atoms with Crippen LogP contribution in [0.2, 0.25) is 0 Å². The van der Waals surface area contributed by atoms with Crippen LogP contribution in [-0.4, -0.2) is 11.6 Å². The second-order valence-corrected chi connectivity index (χ2v) is 5.72. The Kier molecular flexibility index (Phi) is 2.62. The van der Waals surface area contributed by atoms with E-state index in [9.17, 15) is 9.59 Å². The lowest BCUT2D eigenvalue weighted by molar-refractivity contribution is 0.0979. The van der Waals surface area contributed by atoms with Gasteiger partial charge in [0, 0.05) is 22.3 Å². The average molecular weight is 290 g/mol. The highest BCUT2D eigenvalue weighted by Gasteiger charge is 2.31. The van der Waals surface area contributed by atoms with Gasteiger partial charge in [0.15, 0.2) is 11.6 Å². The Balaban J connectivity index is 2.04. The van der Waals surface area contributed by atoms with E-state index in [-0.39, 0.29) is 11.6 Å². The molecular formula is C18H10O2S. The minimum atomic E-state index is -0.0720. The molecule has 21 heavy (non-hydrogen) atoms. The van der Waals surface area contributed by atoms with Crippen LogP contribution in [0, 0.1) is 0 Å². The summed E-state index contributed by atoms with van der Waals surface area (Å²) >= 11 is 1.58. The SMILES string of the molecule is O=C1c2ccccc2C(=O)c2c1cccc2-c1ccsc1. The smallest absolute Gasteiger partial charge is 0.195 e. The maximum atomic E-state index is 12.8. The van der Waals surface area contributed by atoms with Crippen LogP contribution in [-0.2, 0) is 0 Å². The monoisotopic (exact) mass is 290 g/mol. The van der Waals surface area contributed by atoms with Gasteiger partial charge in [-0.05, 0) is 28.0 Å². The number of benzene rings is 2. The molecule has 0 fully saturated rings. The quantitative estimate of drug-likeness (QED) is 0.527. The summed E-state index contributed by atoms with van der Waals surface area (Å²) in [4.78, 5) is 25.4. The largest absolute Gasteiger partial charge is 0.289 e. The molecule has 1 aliphatic rings. The molecule has 4 rings (SSSR count). The van der Waals surface area contributed by atoms with Gasteiger partial charge in [0.25, 0.3) is 0 Å². The van der Waals surface area contributed by atoms with Crippen LogP contribution in [0.3, 0.4) is 0 Å². The van der Waals surface area contributed by atoms with Crippen LogP contribution < -0.4 is 0 Å². The van der Waals surface area contributed by atoms with Gasteiger partial charge in [-0.25, -0.2) is 0 Å². The third-order valence-electron chi connectivity index (χ3n) is 3.78. The van der Waals surface area contributed by atoms with Crippen molar-refractivity contribution in [3.63, 3.8) is 0 Å². The maximum Gasteiger partial charge on any atom is 0.195 e. The van der Waals surface area contributed by atoms with Crippen molar-refractivity contribution >= 4 is 22.9 Å². The van der Waals surface area contributed by atoms with Crippen molar-refractivity contribution in [3.8, 4) is 11.1 Å². The molecule has 0 saturated carbocycles. The standard InChI is InChI=1S/C18H10O2S/c19-17-13-4-1-2-5-14(13)18(20)16-12(6-3-7-15(16)17)11-8-9-21-10-11/h1-10H. The van der Waals surface area contributed by atoms with E-state index < -0.39 is 0 Å². The molecule has 3 heteroatoms. The first-order chi connectivity index (χ1) is 10.3. The molecule has 0 saturated heterocycles. The Hall–Kier alpha value is -2.52. The average Bonchev–Trinajstić information content (AvgIpc) is 3.06. The topological polar surface area (TPSA) is 34.1 Å². The number of fused-ring (bicyclic) bond motifs is 2. The van der Waals surface area contributed by atoms with E-state index in [1.54, 1.807) is 41.7 Å². The molecule has 0 atom stereocenters. The number of rotatable bonds is 1. The van der Waals surface area contributed by atoms with Crippen molar-refractivity contribution in [2.24, 2.45) is 0 Å². The van der Waals surface area contributed by atoms with E-state index in [4.69, 9.17) is 0 Å². The molecule has 0 aliphatic heterocycles. The van der Waals surface area contributed by atoms with Crippen molar-refractivity contribution in [1.29, 1.82) is 0 Å². The molecule has 1 aliphatic carbocycles. The van der Waals surface area contributed by atoms with E-state index in [1.807, 2.05) is 29.0 Å². The first-order valence-electron chi connectivity index (χ1n) is 6.61. The highest BCUT2D eigenvalue weighted by Crippen LogP contribution is 2.34. The number of carbonyl (C=O) groups excluding carboxylic acids is 2. The van der Waals surface area contributed by atoms with E-state index in [1.165, 1.54) is 0 Å². The van der Waals surface area contributed by atoms with Crippen molar-refractivity contribution < 1.29 is 9.59 Å². The van der Waals surface area contributed by atoms with E-state index >= 15 is 0 Å². The Morgan fingerprint density at radius 1 is 0.667 bits per heavy atom. The number of thiophene rings is 1. The lowest BCUT2D eigenvalue weighted by Crippen LogP contribution is -2.21. The molecule has 2 nitrogen and oxygen atoms in total. The van der Waals surface area contributed by atoms with Gasteiger partial charge < -0.3 is 0 Å². The molecule has 0 unspecified atom stereocenters. The molecule has 0 bridgehead atoms. The Morgan fingerprint density at radius 2 is 1.33 bits per heavy atom. The van der Waals surface area contributed by atoms with Gasteiger partial charge in [0.05, 0.1) is 0 Å². The minimum absolute atomic E-state index is 0.0676. The molecule has 0 spiro atoms. The number of carbonyl (C=O) groups is 2. The van der Waals surface area contributed by atoms with Crippen LogP contribution in [0.5, 0.6) is 0 Å². The lowest BCUT2D eigenvalue weighted by Gasteiger charge is -2.19. The summed E-state index contributed by atoms with van der Waals surface area (Å²) in [7, 11) is 0.